The molecule has 3 aromatic rings. The number of rotatable bonds is 3. The van der Waals surface area contributed by atoms with Gasteiger partial charge in [-0.2, -0.15) is 0 Å². The zero-order valence-electron chi connectivity index (χ0n) is 15.4. The molecule has 0 radical (unpaired) electrons. The molecule has 3 nitrogen and oxygen atoms in total. The molecular weight excluding hydrogens is 320 g/mol. The minimum absolute atomic E-state index is 0.0751. The minimum atomic E-state index is 0.0751. The van der Waals surface area contributed by atoms with Gasteiger partial charge in [0, 0.05) is 43.7 Å². The van der Waals surface area contributed by atoms with Crippen molar-refractivity contribution in [3.63, 3.8) is 0 Å². The van der Waals surface area contributed by atoms with E-state index < -0.39 is 0 Å². The number of aryl methyl sites for hydroxylation is 2. The summed E-state index contributed by atoms with van der Waals surface area (Å²) in [4.78, 5) is 14.6. The predicted octanol–water partition coefficient (Wildman–Crippen LogP) is 4.07. The molecule has 1 aromatic heterocycles. The maximum absolute atomic E-state index is 12.1. The highest BCUT2D eigenvalue weighted by atomic mass is 16.1. The maximum atomic E-state index is 12.1. The molecule has 1 aliphatic rings. The van der Waals surface area contributed by atoms with Crippen molar-refractivity contribution in [2.45, 2.75) is 33.0 Å². The Morgan fingerprint density at radius 1 is 0.923 bits per heavy atom. The van der Waals surface area contributed by atoms with E-state index in [0.717, 1.165) is 25.3 Å². The summed E-state index contributed by atoms with van der Waals surface area (Å²) in [5.74, 6) is 0. The Hall–Kier alpha value is -2.65. The Balaban J connectivity index is 1.80. The SMILES string of the molecule is Cc1cccc(C)c1CN1CCn2ccc(=O)cc2C1c1ccccc1. The molecule has 0 saturated carbocycles. The highest BCUT2D eigenvalue weighted by molar-refractivity contribution is 5.35. The Morgan fingerprint density at radius 2 is 1.65 bits per heavy atom. The van der Waals surface area contributed by atoms with Gasteiger partial charge in [0.15, 0.2) is 5.43 Å². The molecule has 3 heteroatoms. The molecule has 26 heavy (non-hydrogen) atoms. The van der Waals surface area contributed by atoms with Crippen molar-refractivity contribution in [1.29, 1.82) is 0 Å². The van der Waals surface area contributed by atoms with E-state index in [1.165, 1.54) is 22.3 Å². The lowest BCUT2D eigenvalue weighted by Gasteiger charge is -2.39. The molecular formula is C23H24N2O. The van der Waals surface area contributed by atoms with Crippen LogP contribution in [0, 0.1) is 13.8 Å². The van der Waals surface area contributed by atoms with Gasteiger partial charge < -0.3 is 4.57 Å². The first-order chi connectivity index (χ1) is 12.6. The molecule has 0 spiro atoms. The van der Waals surface area contributed by atoms with Gasteiger partial charge in [0.1, 0.15) is 0 Å². The number of aromatic nitrogens is 1. The van der Waals surface area contributed by atoms with Crippen LogP contribution in [0.4, 0.5) is 0 Å². The van der Waals surface area contributed by atoms with Crippen molar-refractivity contribution < 1.29 is 0 Å². The third-order valence-corrected chi connectivity index (χ3v) is 5.43. The summed E-state index contributed by atoms with van der Waals surface area (Å²) in [6.45, 7) is 7.12. The molecule has 0 N–H and O–H groups in total. The van der Waals surface area contributed by atoms with E-state index in [9.17, 15) is 4.79 Å². The molecule has 2 aromatic carbocycles. The van der Waals surface area contributed by atoms with Crippen LogP contribution in [-0.4, -0.2) is 16.0 Å². The second kappa shape index (κ2) is 6.93. The molecule has 1 unspecified atom stereocenters. The van der Waals surface area contributed by atoms with E-state index in [4.69, 9.17) is 0 Å². The standard InChI is InChI=1S/C23H24N2O/c1-17-7-6-8-18(2)21(17)16-25-14-13-24-12-11-20(26)15-22(24)23(25)19-9-4-3-5-10-19/h3-12,15,23H,13-14,16H2,1-2H3. The summed E-state index contributed by atoms with van der Waals surface area (Å²) in [6, 6.07) is 20.6. The molecule has 0 aliphatic carbocycles. The summed E-state index contributed by atoms with van der Waals surface area (Å²) in [6.07, 6.45) is 1.93. The van der Waals surface area contributed by atoms with Gasteiger partial charge in [-0.25, -0.2) is 0 Å². The molecule has 1 atom stereocenters. The average molecular weight is 344 g/mol. The lowest BCUT2D eigenvalue weighted by Crippen LogP contribution is -2.39. The van der Waals surface area contributed by atoms with Gasteiger partial charge in [-0.3, -0.25) is 9.69 Å². The molecule has 2 heterocycles. The molecule has 4 rings (SSSR count). The molecule has 0 saturated heterocycles. The van der Waals surface area contributed by atoms with E-state index in [2.05, 4.69) is 65.8 Å². The topological polar surface area (TPSA) is 25.2 Å². The van der Waals surface area contributed by atoms with Crippen molar-refractivity contribution in [2.75, 3.05) is 6.54 Å². The van der Waals surface area contributed by atoms with E-state index in [1.807, 2.05) is 12.3 Å². The smallest absolute Gasteiger partial charge is 0.181 e. The normalized spacial score (nSPS) is 17.1. The van der Waals surface area contributed by atoms with E-state index in [-0.39, 0.29) is 11.5 Å². The van der Waals surface area contributed by atoms with Crippen LogP contribution in [0.2, 0.25) is 0 Å². The molecule has 0 amide bonds. The Morgan fingerprint density at radius 3 is 2.38 bits per heavy atom. The van der Waals surface area contributed by atoms with E-state index in [0.29, 0.717) is 0 Å². The van der Waals surface area contributed by atoms with Gasteiger partial charge in [0.25, 0.3) is 0 Å². The summed E-state index contributed by atoms with van der Waals surface area (Å²) in [5.41, 5.74) is 6.44. The van der Waals surface area contributed by atoms with Gasteiger partial charge in [-0.15, -0.1) is 0 Å². The van der Waals surface area contributed by atoms with Crippen molar-refractivity contribution in [3.05, 3.63) is 105 Å². The lowest BCUT2D eigenvalue weighted by atomic mass is 9.96. The fourth-order valence-electron chi connectivity index (χ4n) is 4.01. The number of pyridine rings is 1. The molecule has 1 aliphatic heterocycles. The van der Waals surface area contributed by atoms with Crippen molar-refractivity contribution >= 4 is 0 Å². The third-order valence-electron chi connectivity index (χ3n) is 5.43. The first kappa shape index (κ1) is 16.8. The Labute approximate surface area is 154 Å². The fourth-order valence-corrected chi connectivity index (χ4v) is 4.01. The van der Waals surface area contributed by atoms with Crippen LogP contribution >= 0.6 is 0 Å². The van der Waals surface area contributed by atoms with Crippen LogP contribution in [0.5, 0.6) is 0 Å². The zero-order valence-corrected chi connectivity index (χ0v) is 15.4. The van der Waals surface area contributed by atoms with Crippen molar-refractivity contribution in [3.8, 4) is 0 Å². The summed E-state index contributed by atoms with van der Waals surface area (Å²) in [5, 5.41) is 0. The zero-order chi connectivity index (χ0) is 18.1. The highest BCUT2D eigenvalue weighted by Crippen LogP contribution is 2.33. The predicted molar refractivity (Wildman–Crippen MR) is 105 cm³/mol. The molecule has 0 fully saturated rings. The van der Waals surface area contributed by atoms with Crippen LogP contribution in [0.1, 0.15) is 34.0 Å². The summed E-state index contributed by atoms with van der Waals surface area (Å²) in [7, 11) is 0. The molecule has 0 bridgehead atoms. The lowest BCUT2D eigenvalue weighted by molar-refractivity contribution is 0.172. The number of hydrogen-bond acceptors (Lipinski definition) is 2. The first-order valence-electron chi connectivity index (χ1n) is 9.18. The molecule has 132 valence electrons. The number of nitrogens with zero attached hydrogens (tertiary/aromatic N) is 2. The monoisotopic (exact) mass is 344 g/mol. The summed E-state index contributed by atoms with van der Waals surface area (Å²) >= 11 is 0. The fraction of sp³-hybridized carbons (Fsp3) is 0.261. The minimum Gasteiger partial charge on any atom is -0.348 e. The first-order valence-corrected chi connectivity index (χ1v) is 9.18. The van der Waals surface area contributed by atoms with Crippen molar-refractivity contribution in [2.24, 2.45) is 0 Å². The number of benzene rings is 2. The quantitative estimate of drug-likeness (QED) is 0.716. The van der Waals surface area contributed by atoms with Gasteiger partial charge in [0.2, 0.25) is 0 Å². The van der Waals surface area contributed by atoms with Crippen molar-refractivity contribution in [1.82, 2.24) is 9.47 Å². The largest absolute Gasteiger partial charge is 0.348 e. The van der Waals surface area contributed by atoms with Crippen LogP contribution in [-0.2, 0) is 13.1 Å². The third kappa shape index (κ3) is 3.11. The van der Waals surface area contributed by atoms with Crippen LogP contribution in [0.15, 0.2) is 71.7 Å². The highest BCUT2D eigenvalue weighted by Gasteiger charge is 2.29. The van der Waals surface area contributed by atoms with Crippen LogP contribution in [0.3, 0.4) is 0 Å². The summed E-state index contributed by atoms with van der Waals surface area (Å²) < 4.78 is 2.22. The second-order valence-corrected chi connectivity index (χ2v) is 7.13. The van der Waals surface area contributed by atoms with Crippen LogP contribution < -0.4 is 5.43 Å². The van der Waals surface area contributed by atoms with Gasteiger partial charge >= 0.3 is 0 Å². The van der Waals surface area contributed by atoms with E-state index in [1.54, 1.807) is 12.1 Å². The number of hydrogen-bond donors (Lipinski definition) is 0. The average Bonchev–Trinajstić information content (AvgIpc) is 2.65. The van der Waals surface area contributed by atoms with E-state index >= 15 is 0 Å². The van der Waals surface area contributed by atoms with Crippen LogP contribution in [0.25, 0.3) is 0 Å². The number of fused-ring (bicyclic) bond motifs is 1. The maximum Gasteiger partial charge on any atom is 0.181 e. The van der Waals surface area contributed by atoms with Gasteiger partial charge in [-0.1, -0.05) is 48.5 Å². The van der Waals surface area contributed by atoms with Gasteiger partial charge in [-0.05, 0) is 36.1 Å². The Kier molecular flexibility index (Phi) is 4.48. The van der Waals surface area contributed by atoms with Gasteiger partial charge in [0.05, 0.1) is 6.04 Å². The Bertz CT molecular complexity index is 955. The second-order valence-electron chi connectivity index (χ2n) is 7.13.